The van der Waals surface area contributed by atoms with E-state index in [9.17, 15) is 0 Å². The van der Waals surface area contributed by atoms with Crippen LogP contribution in [0.1, 0.15) is 77.6 Å². The Morgan fingerprint density at radius 1 is 0.792 bits per heavy atom. The summed E-state index contributed by atoms with van der Waals surface area (Å²) in [6.45, 7) is 3.75. The molecule has 4 heteroatoms. The molecular formula is C20H38O4. The lowest BCUT2D eigenvalue weighted by molar-refractivity contribution is -0.0547. The fourth-order valence-electron chi connectivity index (χ4n) is 2.37. The minimum atomic E-state index is 0.0326. The summed E-state index contributed by atoms with van der Waals surface area (Å²) in [5, 5.41) is 0. The smallest absolute Gasteiger partial charge is 0.148 e. The lowest BCUT2D eigenvalue weighted by atomic mass is 10.1. The van der Waals surface area contributed by atoms with Gasteiger partial charge in [-0.3, -0.25) is 0 Å². The van der Waals surface area contributed by atoms with Crippen LogP contribution < -0.4 is 0 Å². The maximum atomic E-state index is 5.59. The van der Waals surface area contributed by atoms with Crippen LogP contribution in [0.2, 0.25) is 0 Å². The van der Waals surface area contributed by atoms with Gasteiger partial charge in [-0.25, -0.2) is 0 Å². The van der Waals surface area contributed by atoms with Gasteiger partial charge in [0.15, 0.2) is 0 Å². The molecule has 0 aliphatic heterocycles. The van der Waals surface area contributed by atoms with Gasteiger partial charge in [0.05, 0.1) is 0 Å². The first-order valence-electron chi connectivity index (χ1n) is 9.50. The fraction of sp³-hybridized carbons (Fsp3) is 0.900. The molecule has 0 aromatic rings. The van der Waals surface area contributed by atoms with E-state index in [0.29, 0.717) is 13.6 Å². The van der Waals surface area contributed by atoms with Crippen LogP contribution in [0.15, 0.2) is 0 Å². The molecule has 0 rings (SSSR count). The fourth-order valence-corrected chi connectivity index (χ4v) is 2.37. The molecule has 0 heterocycles. The Kier molecular flexibility index (Phi) is 19.9. The van der Waals surface area contributed by atoms with Crippen LogP contribution in [0.4, 0.5) is 0 Å². The summed E-state index contributed by atoms with van der Waals surface area (Å²) in [5.74, 6) is 6.52. The van der Waals surface area contributed by atoms with Crippen molar-refractivity contribution in [1.29, 1.82) is 0 Å². The second kappa shape index (κ2) is 20.4. The average molecular weight is 343 g/mol. The SMILES string of the molecule is CCCC[C@@H](C#CCCCCCCCCCOCOC)OCOC. The van der Waals surface area contributed by atoms with Crippen molar-refractivity contribution in [3.63, 3.8) is 0 Å². The third kappa shape index (κ3) is 17.7. The summed E-state index contributed by atoms with van der Waals surface area (Å²) < 4.78 is 20.7. The number of hydrogen-bond acceptors (Lipinski definition) is 4. The molecule has 0 fully saturated rings. The number of ether oxygens (including phenoxy) is 4. The number of hydrogen-bond donors (Lipinski definition) is 0. The summed E-state index contributed by atoms with van der Waals surface area (Å²) in [7, 11) is 3.30. The van der Waals surface area contributed by atoms with E-state index in [1.165, 1.54) is 44.9 Å². The van der Waals surface area contributed by atoms with Gasteiger partial charge in [-0.15, -0.1) is 5.92 Å². The molecule has 142 valence electrons. The Morgan fingerprint density at radius 2 is 1.46 bits per heavy atom. The van der Waals surface area contributed by atoms with E-state index in [2.05, 4.69) is 18.8 Å². The molecule has 1 atom stereocenters. The zero-order valence-corrected chi connectivity index (χ0v) is 16.1. The van der Waals surface area contributed by atoms with Gasteiger partial charge < -0.3 is 18.9 Å². The number of methoxy groups -OCH3 is 2. The topological polar surface area (TPSA) is 36.9 Å². The summed E-state index contributed by atoms with van der Waals surface area (Å²) in [6.07, 6.45) is 13.1. The quantitative estimate of drug-likeness (QED) is 0.214. The van der Waals surface area contributed by atoms with Crippen molar-refractivity contribution in [3.05, 3.63) is 0 Å². The van der Waals surface area contributed by atoms with Crippen molar-refractivity contribution in [1.82, 2.24) is 0 Å². The molecule has 0 aromatic carbocycles. The predicted octanol–water partition coefficient (Wildman–Crippen LogP) is 4.91. The minimum Gasteiger partial charge on any atom is -0.359 e. The zero-order chi connectivity index (χ0) is 17.7. The molecular weight excluding hydrogens is 304 g/mol. The first-order valence-corrected chi connectivity index (χ1v) is 9.50. The van der Waals surface area contributed by atoms with E-state index in [1.807, 2.05) is 0 Å². The Balaban J connectivity index is 3.46. The van der Waals surface area contributed by atoms with Crippen LogP contribution in [0, 0.1) is 11.8 Å². The Bertz CT molecular complexity index is 288. The largest absolute Gasteiger partial charge is 0.359 e. The van der Waals surface area contributed by atoms with Gasteiger partial charge in [-0.2, -0.15) is 0 Å². The highest BCUT2D eigenvalue weighted by Crippen LogP contribution is 2.09. The van der Waals surface area contributed by atoms with Gasteiger partial charge in [0.25, 0.3) is 0 Å². The number of rotatable bonds is 17. The molecule has 0 aliphatic rings. The van der Waals surface area contributed by atoms with Crippen molar-refractivity contribution in [2.24, 2.45) is 0 Å². The van der Waals surface area contributed by atoms with E-state index in [0.717, 1.165) is 32.3 Å². The van der Waals surface area contributed by atoms with E-state index in [1.54, 1.807) is 14.2 Å². The molecule has 0 aliphatic carbocycles. The number of unbranched alkanes of at least 4 members (excludes halogenated alkanes) is 8. The Morgan fingerprint density at radius 3 is 2.12 bits per heavy atom. The highest BCUT2D eigenvalue weighted by molar-refractivity contribution is 5.05. The maximum Gasteiger partial charge on any atom is 0.148 e. The molecule has 0 spiro atoms. The van der Waals surface area contributed by atoms with Crippen LogP contribution in [0.5, 0.6) is 0 Å². The minimum absolute atomic E-state index is 0.0326. The molecule has 24 heavy (non-hydrogen) atoms. The van der Waals surface area contributed by atoms with Crippen molar-refractivity contribution < 1.29 is 18.9 Å². The van der Waals surface area contributed by atoms with Crippen molar-refractivity contribution in [2.75, 3.05) is 34.4 Å². The van der Waals surface area contributed by atoms with E-state index < -0.39 is 0 Å². The average Bonchev–Trinajstić information content (AvgIpc) is 2.60. The highest BCUT2D eigenvalue weighted by atomic mass is 16.7. The summed E-state index contributed by atoms with van der Waals surface area (Å²) in [6, 6.07) is 0. The zero-order valence-electron chi connectivity index (χ0n) is 16.1. The van der Waals surface area contributed by atoms with Crippen LogP contribution in [-0.2, 0) is 18.9 Å². The van der Waals surface area contributed by atoms with Gasteiger partial charge in [-0.1, -0.05) is 57.8 Å². The van der Waals surface area contributed by atoms with Crippen LogP contribution >= 0.6 is 0 Å². The van der Waals surface area contributed by atoms with E-state index in [4.69, 9.17) is 18.9 Å². The molecule has 0 bridgehead atoms. The summed E-state index contributed by atoms with van der Waals surface area (Å²) in [5.41, 5.74) is 0. The van der Waals surface area contributed by atoms with Gasteiger partial charge >= 0.3 is 0 Å². The molecule has 0 amide bonds. The lowest BCUT2D eigenvalue weighted by Crippen LogP contribution is -2.12. The van der Waals surface area contributed by atoms with E-state index >= 15 is 0 Å². The molecule has 4 nitrogen and oxygen atoms in total. The standard InChI is InChI=1S/C20H38O4/c1-4-5-15-20(24-19-22-3)16-13-11-9-7-6-8-10-12-14-17-23-18-21-2/h20H,4-12,14-15,17-19H2,1-3H3/t20-/m0/s1. The van der Waals surface area contributed by atoms with Crippen LogP contribution in [0.25, 0.3) is 0 Å². The molecule has 0 aromatic heterocycles. The van der Waals surface area contributed by atoms with Crippen LogP contribution in [-0.4, -0.2) is 40.5 Å². The van der Waals surface area contributed by atoms with E-state index in [-0.39, 0.29) is 6.10 Å². The predicted molar refractivity (Wildman–Crippen MR) is 98.8 cm³/mol. The van der Waals surface area contributed by atoms with Crippen molar-refractivity contribution >= 4 is 0 Å². The molecule has 0 N–H and O–H groups in total. The summed E-state index contributed by atoms with van der Waals surface area (Å²) in [4.78, 5) is 0. The van der Waals surface area contributed by atoms with Gasteiger partial charge in [0, 0.05) is 27.2 Å². The first-order chi connectivity index (χ1) is 11.8. The van der Waals surface area contributed by atoms with Gasteiger partial charge in [-0.05, 0) is 19.3 Å². The Labute approximate surface area is 149 Å². The van der Waals surface area contributed by atoms with Gasteiger partial charge in [0.1, 0.15) is 19.7 Å². The monoisotopic (exact) mass is 342 g/mol. The maximum absolute atomic E-state index is 5.59. The van der Waals surface area contributed by atoms with Gasteiger partial charge in [0.2, 0.25) is 0 Å². The second-order valence-corrected chi connectivity index (χ2v) is 6.06. The summed E-state index contributed by atoms with van der Waals surface area (Å²) >= 11 is 0. The molecule has 0 saturated heterocycles. The molecule has 0 saturated carbocycles. The normalized spacial score (nSPS) is 12.0. The molecule has 0 radical (unpaired) electrons. The third-order valence-electron chi connectivity index (χ3n) is 3.76. The highest BCUT2D eigenvalue weighted by Gasteiger charge is 2.03. The Hall–Kier alpha value is -0.600. The van der Waals surface area contributed by atoms with Crippen molar-refractivity contribution in [3.8, 4) is 11.8 Å². The molecule has 0 unspecified atom stereocenters. The third-order valence-corrected chi connectivity index (χ3v) is 3.76. The first kappa shape index (κ1) is 23.4. The second-order valence-electron chi connectivity index (χ2n) is 6.06. The van der Waals surface area contributed by atoms with Crippen LogP contribution in [0.3, 0.4) is 0 Å². The lowest BCUT2D eigenvalue weighted by Gasteiger charge is -2.10. The van der Waals surface area contributed by atoms with Crippen molar-refractivity contribution in [2.45, 2.75) is 83.7 Å².